The molecule has 0 radical (unpaired) electrons. The summed E-state index contributed by atoms with van der Waals surface area (Å²) in [7, 11) is 1.75. The second-order valence-electron chi connectivity index (χ2n) is 4.13. The van der Waals surface area contributed by atoms with E-state index >= 15 is 0 Å². The van der Waals surface area contributed by atoms with Gasteiger partial charge in [-0.25, -0.2) is 9.48 Å². The van der Waals surface area contributed by atoms with Crippen LogP contribution in [0.25, 0.3) is 0 Å². The Bertz CT molecular complexity index is 449. The SMILES string of the molecule is CCC(CSC)N(C)C(=O)Cn1cc(C(=O)O)nn1. The number of hydrogen-bond donors (Lipinski definition) is 1. The molecule has 1 amide bonds. The molecule has 1 rings (SSSR count). The third kappa shape index (κ3) is 4.23. The Hall–Kier alpha value is -1.57. The molecular formula is C11H18N4O3S. The molecule has 0 spiro atoms. The molecular weight excluding hydrogens is 268 g/mol. The van der Waals surface area contributed by atoms with E-state index in [-0.39, 0.29) is 24.2 Å². The molecule has 0 saturated heterocycles. The number of carbonyl (C=O) groups is 2. The number of carboxylic acid groups (broad SMARTS) is 1. The van der Waals surface area contributed by atoms with Gasteiger partial charge in [-0.3, -0.25) is 4.79 Å². The number of nitrogens with zero attached hydrogens (tertiary/aromatic N) is 4. The van der Waals surface area contributed by atoms with Crippen LogP contribution in [0.5, 0.6) is 0 Å². The fourth-order valence-corrected chi connectivity index (χ4v) is 2.47. The van der Waals surface area contributed by atoms with Gasteiger partial charge in [0.2, 0.25) is 5.91 Å². The molecule has 1 heterocycles. The maximum atomic E-state index is 12.0. The summed E-state index contributed by atoms with van der Waals surface area (Å²) in [6.07, 6.45) is 4.13. The first-order valence-corrected chi connectivity index (χ1v) is 7.27. The highest BCUT2D eigenvalue weighted by atomic mass is 32.2. The molecule has 0 bridgehead atoms. The lowest BCUT2D eigenvalue weighted by Gasteiger charge is -2.26. The highest BCUT2D eigenvalue weighted by Crippen LogP contribution is 2.09. The van der Waals surface area contributed by atoms with Gasteiger partial charge >= 0.3 is 5.97 Å². The minimum absolute atomic E-state index is 0.00165. The third-order valence-electron chi connectivity index (χ3n) is 2.83. The molecule has 1 N–H and O–H groups in total. The van der Waals surface area contributed by atoms with Gasteiger partial charge in [0.05, 0.1) is 6.20 Å². The minimum atomic E-state index is -1.15. The molecule has 0 aliphatic heterocycles. The molecule has 1 unspecified atom stereocenters. The van der Waals surface area contributed by atoms with E-state index in [0.29, 0.717) is 0 Å². The molecule has 0 saturated carbocycles. The van der Waals surface area contributed by atoms with Gasteiger partial charge in [0, 0.05) is 18.8 Å². The highest BCUT2D eigenvalue weighted by molar-refractivity contribution is 7.98. The predicted molar refractivity (Wildman–Crippen MR) is 72.2 cm³/mol. The minimum Gasteiger partial charge on any atom is -0.476 e. The first kappa shape index (κ1) is 15.5. The van der Waals surface area contributed by atoms with Crippen LogP contribution in [-0.4, -0.2) is 62.0 Å². The van der Waals surface area contributed by atoms with Crippen molar-refractivity contribution in [2.75, 3.05) is 19.1 Å². The van der Waals surface area contributed by atoms with Crippen LogP contribution in [-0.2, 0) is 11.3 Å². The topological polar surface area (TPSA) is 88.3 Å². The molecule has 19 heavy (non-hydrogen) atoms. The van der Waals surface area contributed by atoms with E-state index in [9.17, 15) is 9.59 Å². The summed E-state index contributed by atoms with van der Waals surface area (Å²) in [4.78, 5) is 24.4. The quantitative estimate of drug-likeness (QED) is 0.788. The van der Waals surface area contributed by atoms with E-state index < -0.39 is 5.97 Å². The van der Waals surface area contributed by atoms with E-state index in [1.54, 1.807) is 23.7 Å². The monoisotopic (exact) mass is 286 g/mol. The summed E-state index contributed by atoms with van der Waals surface area (Å²) in [6.45, 7) is 2.03. The lowest BCUT2D eigenvalue weighted by atomic mass is 10.2. The van der Waals surface area contributed by atoms with Crippen LogP contribution in [0.4, 0.5) is 0 Å². The number of carboxylic acids is 1. The zero-order valence-electron chi connectivity index (χ0n) is 11.2. The molecule has 0 aliphatic rings. The van der Waals surface area contributed by atoms with Gasteiger partial charge in [0.1, 0.15) is 6.54 Å². The lowest BCUT2D eigenvalue weighted by molar-refractivity contribution is -0.132. The summed E-state index contributed by atoms with van der Waals surface area (Å²) in [6, 6.07) is 0.171. The highest BCUT2D eigenvalue weighted by Gasteiger charge is 2.19. The van der Waals surface area contributed by atoms with Crippen molar-refractivity contribution >= 4 is 23.6 Å². The second kappa shape index (κ2) is 7.13. The number of carbonyl (C=O) groups excluding carboxylic acids is 1. The molecule has 0 aromatic carbocycles. The lowest BCUT2D eigenvalue weighted by Crippen LogP contribution is -2.40. The van der Waals surface area contributed by atoms with Crippen molar-refractivity contribution in [2.24, 2.45) is 0 Å². The molecule has 0 fully saturated rings. The van der Waals surface area contributed by atoms with Crippen LogP contribution in [0.15, 0.2) is 6.20 Å². The van der Waals surface area contributed by atoms with Gasteiger partial charge in [-0.2, -0.15) is 11.8 Å². The smallest absolute Gasteiger partial charge is 0.358 e. The van der Waals surface area contributed by atoms with E-state index in [1.165, 1.54) is 10.9 Å². The van der Waals surface area contributed by atoms with Crippen molar-refractivity contribution in [3.8, 4) is 0 Å². The van der Waals surface area contributed by atoms with E-state index in [0.717, 1.165) is 12.2 Å². The van der Waals surface area contributed by atoms with Gasteiger partial charge in [-0.05, 0) is 12.7 Å². The Labute approximate surface area is 116 Å². The van der Waals surface area contributed by atoms with Crippen LogP contribution in [0.1, 0.15) is 23.8 Å². The number of likely N-dealkylation sites (N-methyl/N-ethyl adjacent to an activating group) is 1. The summed E-state index contributed by atoms with van der Waals surface area (Å²) < 4.78 is 1.24. The number of thioether (sulfide) groups is 1. The number of aromatic carboxylic acids is 1. The summed E-state index contributed by atoms with van der Waals surface area (Å²) >= 11 is 1.69. The van der Waals surface area contributed by atoms with Gasteiger partial charge in [0.25, 0.3) is 0 Å². The van der Waals surface area contributed by atoms with Crippen molar-refractivity contribution in [3.05, 3.63) is 11.9 Å². The van der Waals surface area contributed by atoms with E-state index in [4.69, 9.17) is 5.11 Å². The summed E-state index contributed by atoms with van der Waals surface area (Å²) in [5.74, 6) is -0.389. The largest absolute Gasteiger partial charge is 0.476 e. The van der Waals surface area contributed by atoms with Gasteiger partial charge in [-0.15, -0.1) is 5.10 Å². The zero-order chi connectivity index (χ0) is 14.4. The molecule has 106 valence electrons. The Kier molecular flexibility index (Phi) is 5.81. The van der Waals surface area contributed by atoms with Gasteiger partial charge in [-0.1, -0.05) is 12.1 Å². The van der Waals surface area contributed by atoms with Crippen molar-refractivity contribution in [1.29, 1.82) is 0 Å². The normalized spacial score (nSPS) is 12.2. The zero-order valence-corrected chi connectivity index (χ0v) is 12.1. The van der Waals surface area contributed by atoms with Crippen molar-refractivity contribution in [1.82, 2.24) is 19.9 Å². The Balaban J connectivity index is 2.64. The standard InChI is InChI=1S/C11H18N4O3S/c1-4-8(7-19-3)14(2)10(16)6-15-5-9(11(17)18)12-13-15/h5,8H,4,6-7H2,1-3H3,(H,17,18). The van der Waals surface area contributed by atoms with Crippen LogP contribution >= 0.6 is 11.8 Å². The van der Waals surface area contributed by atoms with E-state index in [1.807, 2.05) is 13.2 Å². The Morgan fingerprint density at radius 1 is 1.58 bits per heavy atom. The fourth-order valence-electron chi connectivity index (χ4n) is 1.62. The number of amides is 1. The average Bonchev–Trinajstić information content (AvgIpc) is 2.83. The Morgan fingerprint density at radius 3 is 2.74 bits per heavy atom. The van der Waals surface area contributed by atoms with Gasteiger partial charge < -0.3 is 10.0 Å². The van der Waals surface area contributed by atoms with E-state index in [2.05, 4.69) is 10.3 Å². The fraction of sp³-hybridized carbons (Fsp3) is 0.636. The number of hydrogen-bond acceptors (Lipinski definition) is 5. The van der Waals surface area contributed by atoms with Crippen molar-refractivity contribution in [2.45, 2.75) is 25.9 Å². The number of rotatable bonds is 7. The average molecular weight is 286 g/mol. The third-order valence-corrected chi connectivity index (χ3v) is 3.54. The summed E-state index contributed by atoms with van der Waals surface area (Å²) in [5.41, 5.74) is -0.161. The first-order valence-electron chi connectivity index (χ1n) is 5.87. The second-order valence-corrected chi connectivity index (χ2v) is 5.04. The molecule has 1 atom stereocenters. The molecule has 7 nitrogen and oxygen atoms in total. The molecule has 0 aliphatic carbocycles. The molecule has 8 heteroatoms. The first-order chi connectivity index (χ1) is 8.99. The van der Waals surface area contributed by atoms with Gasteiger partial charge in [0.15, 0.2) is 5.69 Å². The maximum Gasteiger partial charge on any atom is 0.358 e. The van der Waals surface area contributed by atoms with Crippen LogP contribution in [0.3, 0.4) is 0 Å². The Morgan fingerprint density at radius 2 is 2.26 bits per heavy atom. The van der Waals surface area contributed by atoms with Crippen LogP contribution < -0.4 is 0 Å². The molecule has 1 aromatic rings. The maximum absolute atomic E-state index is 12.0. The van der Waals surface area contributed by atoms with Crippen LogP contribution in [0.2, 0.25) is 0 Å². The number of aromatic nitrogens is 3. The van der Waals surface area contributed by atoms with Crippen molar-refractivity contribution < 1.29 is 14.7 Å². The molecule has 1 aromatic heterocycles. The van der Waals surface area contributed by atoms with Crippen molar-refractivity contribution in [3.63, 3.8) is 0 Å². The summed E-state index contributed by atoms with van der Waals surface area (Å²) in [5, 5.41) is 15.8. The predicted octanol–water partition coefficient (Wildman–Crippen LogP) is 0.576. The van der Waals surface area contributed by atoms with Crippen LogP contribution in [0, 0.1) is 0 Å².